The zero-order valence-electron chi connectivity index (χ0n) is 15.1. The van der Waals surface area contributed by atoms with Crippen LogP contribution in [-0.4, -0.2) is 23.8 Å². The molecule has 5 nitrogen and oxygen atoms in total. The lowest BCUT2D eigenvalue weighted by Crippen LogP contribution is -2.04. The van der Waals surface area contributed by atoms with Crippen molar-refractivity contribution in [2.75, 3.05) is 12.4 Å². The van der Waals surface area contributed by atoms with Crippen molar-refractivity contribution in [3.8, 4) is 11.4 Å². The highest BCUT2D eigenvalue weighted by molar-refractivity contribution is 5.89. The number of aliphatic imine (C=N–C) groups is 1. The third-order valence-corrected chi connectivity index (χ3v) is 3.93. The van der Waals surface area contributed by atoms with E-state index in [1.54, 1.807) is 7.11 Å². The van der Waals surface area contributed by atoms with Gasteiger partial charge in [0, 0.05) is 42.0 Å². The largest absolute Gasteiger partial charge is 0.497 e. The third-order valence-electron chi connectivity index (χ3n) is 3.93. The Morgan fingerprint density at radius 1 is 1.12 bits per heavy atom. The summed E-state index contributed by atoms with van der Waals surface area (Å²) in [5, 5.41) is 2.74. The molecule has 132 valence electrons. The Kier molecular flexibility index (Phi) is 5.17. The van der Waals surface area contributed by atoms with Gasteiger partial charge in [0.2, 0.25) is 5.91 Å². The molecule has 0 saturated heterocycles. The van der Waals surface area contributed by atoms with Crippen molar-refractivity contribution < 1.29 is 9.53 Å². The van der Waals surface area contributed by atoms with Crippen molar-refractivity contribution >= 4 is 23.5 Å². The van der Waals surface area contributed by atoms with Gasteiger partial charge in [-0.15, -0.1) is 0 Å². The van der Waals surface area contributed by atoms with E-state index in [4.69, 9.17) is 4.74 Å². The lowest BCUT2D eigenvalue weighted by atomic mass is 10.3. The van der Waals surface area contributed by atoms with Gasteiger partial charge in [0.25, 0.3) is 0 Å². The number of nitrogens with zero attached hydrogens (tertiary/aromatic N) is 2. The first-order valence-corrected chi connectivity index (χ1v) is 8.30. The number of aromatic nitrogens is 1. The average molecular weight is 347 g/mol. The van der Waals surface area contributed by atoms with E-state index in [9.17, 15) is 4.79 Å². The van der Waals surface area contributed by atoms with Crippen molar-refractivity contribution in [2.45, 2.75) is 13.8 Å². The van der Waals surface area contributed by atoms with E-state index >= 15 is 0 Å². The van der Waals surface area contributed by atoms with E-state index in [-0.39, 0.29) is 5.91 Å². The fraction of sp³-hybridized carbons (Fsp3) is 0.143. The van der Waals surface area contributed by atoms with Crippen molar-refractivity contribution in [1.82, 2.24) is 4.57 Å². The summed E-state index contributed by atoms with van der Waals surface area (Å²) in [6, 6.07) is 17.4. The zero-order chi connectivity index (χ0) is 18.5. The molecule has 5 heteroatoms. The fourth-order valence-corrected chi connectivity index (χ4v) is 2.67. The summed E-state index contributed by atoms with van der Waals surface area (Å²) in [6.07, 6.45) is 3.88. The van der Waals surface area contributed by atoms with E-state index in [1.165, 1.54) is 6.92 Å². The van der Waals surface area contributed by atoms with Crippen molar-refractivity contribution in [3.05, 3.63) is 72.1 Å². The van der Waals surface area contributed by atoms with E-state index < -0.39 is 0 Å². The molecule has 3 aromatic rings. The highest BCUT2D eigenvalue weighted by atomic mass is 16.5. The number of carbonyl (C=O) groups excluding carboxylic acids is 1. The summed E-state index contributed by atoms with van der Waals surface area (Å²) in [5.41, 5.74) is 4.80. The summed E-state index contributed by atoms with van der Waals surface area (Å²) in [7, 11) is 1.66. The summed E-state index contributed by atoms with van der Waals surface area (Å²) in [4.78, 5) is 15.5. The topological polar surface area (TPSA) is 55.6 Å². The molecule has 1 amide bonds. The molecule has 1 heterocycles. The Labute approximate surface area is 153 Å². The van der Waals surface area contributed by atoms with Crippen LogP contribution >= 0.6 is 0 Å². The number of amides is 1. The molecule has 0 aliphatic heterocycles. The summed E-state index contributed by atoms with van der Waals surface area (Å²) in [6.45, 7) is 3.55. The monoisotopic (exact) mass is 347 g/mol. The fourth-order valence-electron chi connectivity index (χ4n) is 2.67. The second-order valence-electron chi connectivity index (χ2n) is 5.97. The third kappa shape index (κ3) is 4.19. The molecule has 0 radical (unpaired) electrons. The minimum Gasteiger partial charge on any atom is -0.497 e. The number of anilines is 1. The van der Waals surface area contributed by atoms with Crippen LogP contribution in [0.1, 0.15) is 18.2 Å². The maximum Gasteiger partial charge on any atom is 0.221 e. The maximum atomic E-state index is 11.0. The second-order valence-corrected chi connectivity index (χ2v) is 5.97. The summed E-state index contributed by atoms with van der Waals surface area (Å²) >= 11 is 0. The van der Waals surface area contributed by atoms with Crippen LogP contribution in [0, 0.1) is 6.92 Å². The smallest absolute Gasteiger partial charge is 0.221 e. The lowest BCUT2D eigenvalue weighted by Gasteiger charge is -2.06. The van der Waals surface area contributed by atoms with Crippen molar-refractivity contribution in [1.29, 1.82) is 0 Å². The molecule has 26 heavy (non-hydrogen) atoms. The van der Waals surface area contributed by atoms with E-state index in [0.717, 1.165) is 34.1 Å². The molecular weight excluding hydrogens is 326 g/mol. The van der Waals surface area contributed by atoms with Crippen LogP contribution in [0.3, 0.4) is 0 Å². The molecule has 0 spiro atoms. The molecular formula is C21H21N3O2. The molecule has 0 saturated carbocycles. The molecule has 3 rings (SSSR count). The van der Waals surface area contributed by atoms with Crippen LogP contribution in [0.25, 0.3) is 5.69 Å². The minimum absolute atomic E-state index is 0.0865. The zero-order valence-corrected chi connectivity index (χ0v) is 15.1. The summed E-state index contributed by atoms with van der Waals surface area (Å²) in [5.74, 6) is 0.750. The van der Waals surface area contributed by atoms with Gasteiger partial charge in [-0.2, -0.15) is 0 Å². The second kappa shape index (κ2) is 7.70. The van der Waals surface area contributed by atoms with Crippen molar-refractivity contribution in [3.63, 3.8) is 0 Å². The van der Waals surface area contributed by atoms with E-state index in [0.29, 0.717) is 0 Å². The molecule has 1 aromatic heterocycles. The predicted molar refractivity (Wildman–Crippen MR) is 105 cm³/mol. The summed E-state index contributed by atoms with van der Waals surface area (Å²) < 4.78 is 7.32. The molecule has 2 aromatic carbocycles. The van der Waals surface area contributed by atoms with Gasteiger partial charge in [-0.05, 0) is 61.5 Å². The van der Waals surface area contributed by atoms with Gasteiger partial charge >= 0.3 is 0 Å². The van der Waals surface area contributed by atoms with Crippen LogP contribution < -0.4 is 10.1 Å². The quantitative estimate of drug-likeness (QED) is 0.691. The molecule has 1 N–H and O–H groups in total. The van der Waals surface area contributed by atoms with Crippen LogP contribution in [0.5, 0.6) is 5.75 Å². The van der Waals surface area contributed by atoms with Gasteiger partial charge in [0.05, 0.1) is 12.8 Å². The number of aryl methyl sites for hydroxylation is 1. The maximum absolute atomic E-state index is 11.0. The molecule has 0 aliphatic rings. The molecule has 0 fully saturated rings. The van der Waals surface area contributed by atoms with Gasteiger partial charge in [-0.3, -0.25) is 9.79 Å². The normalized spacial score (nSPS) is 10.9. The van der Waals surface area contributed by atoms with Crippen LogP contribution in [-0.2, 0) is 4.79 Å². The minimum atomic E-state index is -0.0865. The van der Waals surface area contributed by atoms with E-state index in [2.05, 4.69) is 27.9 Å². The number of hydrogen-bond donors (Lipinski definition) is 1. The molecule has 0 bridgehead atoms. The van der Waals surface area contributed by atoms with Crippen LogP contribution in [0.15, 0.2) is 65.8 Å². The number of benzene rings is 2. The Morgan fingerprint density at radius 2 is 1.81 bits per heavy atom. The SMILES string of the molecule is COc1ccc(-n2cc(C=Nc3ccc(NC(C)=O)cc3)cc2C)cc1. The highest BCUT2D eigenvalue weighted by Crippen LogP contribution is 2.20. The Morgan fingerprint density at radius 3 is 2.42 bits per heavy atom. The van der Waals surface area contributed by atoms with Crippen molar-refractivity contribution in [2.24, 2.45) is 4.99 Å². The Hall–Kier alpha value is -3.34. The van der Waals surface area contributed by atoms with Gasteiger partial charge in [0.15, 0.2) is 0 Å². The number of nitrogens with one attached hydrogen (secondary N) is 1. The average Bonchev–Trinajstić information content (AvgIpc) is 3.01. The standard InChI is InChI=1S/C21H21N3O2/c1-15-12-17(14-24(15)20-8-10-21(26-3)11-9-20)13-22-18-4-6-19(7-5-18)23-16(2)25/h4-14H,1-3H3,(H,23,25). The first-order valence-electron chi connectivity index (χ1n) is 8.30. The number of carbonyl (C=O) groups is 1. The highest BCUT2D eigenvalue weighted by Gasteiger charge is 2.03. The number of ether oxygens (including phenoxy) is 1. The molecule has 0 atom stereocenters. The first kappa shape index (κ1) is 17.5. The van der Waals surface area contributed by atoms with Gasteiger partial charge in [-0.1, -0.05) is 0 Å². The Balaban J connectivity index is 1.76. The predicted octanol–water partition coefficient (Wildman–Crippen LogP) is 4.50. The molecule has 0 unspecified atom stereocenters. The van der Waals surface area contributed by atoms with Gasteiger partial charge in [0.1, 0.15) is 5.75 Å². The molecule has 0 aliphatic carbocycles. The number of methoxy groups -OCH3 is 1. The van der Waals surface area contributed by atoms with Crippen LogP contribution in [0.4, 0.5) is 11.4 Å². The lowest BCUT2D eigenvalue weighted by molar-refractivity contribution is -0.114. The van der Waals surface area contributed by atoms with E-state index in [1.807, 2.05) is 60.9 Å². The Bertz CT molecular complexity index is 923. The number of rotatable bonds is 5. The van der Waals surface area contributed by atoms with Gasteiger partial charge < -0.3 is 14.6 Å². The van der Waals surface area contributed by atoms with Crippen LogP contribution in [0.2, 0.25) is 0 Å². The van der Waals surface area contributed by atoms with Gasteiger partial charge in [-0.25, -0.2) is 0 Å². The number of hydrogen-bond acceptors (Lipinski definition) is 3. The first-order chi connectivity index (χ1) is 12.5.